The third-order valence-electron chi connectivity index (χ3n) is 6.93. The number of hydrogen-bond donors (Lipinski definition) is 2. The summed E-state index contributed by atoms with van der Waals surface area (Å²) in [5, 5.41) is 12.3. The molecule has 168 valence electrons. The lowest BCUT2D eigenvalue weighted by Crippen LogP contribution is -2.67. The molecule has 1 aromatic heterocycles. The second kappa shape index (κ2) is 8.10. The number of carbonyl (C=O) groups is 1. The molecule has 1 amide bonds. The Balaban J connectivity index is 1.60. The number of rotatable bonds is 5. The molecule has 0 radical (unpaired) electrons. The van der Waals surface area contributed by atoms with Crippen molar-refractivity contribution in [2.24, 2.45) is 0 Å². The summed E-state index contributed by atoms with van der Waals surface area (Å²) in [7, 11) is 1.66. The Morgan fingerprint density at radius 1 is 1.25 bits per heavy atom. The van der Waals surface area contributed by atoms with Gasteiger partial charge in [0.1, 0.15) is 5.75 Å². The summed E-state index contributed by atoms with van der Waals surface area (Å²) < 4.78 is 5.43. The molecule has 0 unspecified atom stereocenters. The Morgan fingerprint density at radius 2 is 2.06 bits per heavy atom. The number of carbonyl (C=O) groups excluding carboxylic acids is 1. The molecule has 2 aliphatic heterocycles. The van der Waals surface area contributed by atoms with Gasteiger partial charge in [0.05, 0.1) is 19.8 Å². The van der Waals surface area contributed by atoms with Gasteiger partial charge in [-0.15, -0.1) is 0 Å². The fourth-order valence-corrected chi connectivity index (χ4v) is 5.70. The number of aromatic amines is 1. The number of nitrogens with zero attached hydrogens (tertiary/aromatic N) is 2. The Labute approximate surface area is 192 Å². The number of aromatic nitrogens is 1. The first-order valence-electron chi connectivity index (χ1n) is 11.0. The number of halogens is 1. The quantitative estimate of drug-likeness (QED) is 0.615. The molecule has 3 aromatic rings. The molecule has 1 spiro atoms. The Morgan fingerprint density at radius 3 is 2.75 bits per heavy atom. The number of amides is 1. The van der Waals surface area contributed by atoms with Gasteiger partial charge in [-0.05, 0) is 35.4 Å². The van der Waals surface area contributed by atoms with E-state index < -0.39 is 0 Å². The average Bonchev–Trinajstić information content (AvgIpc) is 3.15. The molecule has 1 fully saturated rings. The predicted octanol–water partition coefficient (Wildman–Crippen LogP) is 3.87. The van der Waals surface area contributed by atoms with Gasteiger partial charge >= 0.3 is 0 Å². The van der Waals surface area contributed by atoms with Gasteiger partial charge in [-0.25, -0.2) is 0 Å². The molecule has 3 heterocycles. The molecule has 32 heavy (non-hydrogen) atoms. The molecule has 6 nitrogen and oxygen atoms in total. The number of likely N-dealkylation sites (tertiary alicyclic amines) is 1. The van der Waals surface area contributed by atoms with Gasteiger partial charge in [-0.2, -0.15) is 0 Å². The van der Waals surface area contributed by atoms with Crippen LogP contribution in [-0.4, -0.2) is 59.1 Å². The molecule has 1 atom stereocenters. The van der Waals surface area contributed by atoms with Crippen molar-refractivity contribution in [2.75, 3.05) is 33.4 Å². The van der Waals surface area contributed by atoms with E-state index in [1.54, 1.807) is 7.11 Å². The van der Waals surface area contributed by atoms with E-state index in [9.17, 15) is 9.90 Å². The normalized spacial score (nSPS) is 19.8. The van der Waals surface area contributed by atoms with Crippen molar-refractivity contribution in [1.82, 2.24) is 14.8 Å². The lowest BCUT2D eigenvalue weighted by atomic mass is 9.68. The number of aliphatic hydroxyl groups is 1. The summed E-state index contributed by atoms with van der Waals surface area (Å²) in [6, 6.07) is 13.8. The largest absolute Gasteiger partial charge is 0.497 e. The Bertz CT molecular complexity index is 1170. The number of ether oxygens (including phenoxy) is 1. The fourth-order valence-electron chi connectivity index (χ4n) is 5.49. The van der Waals surface area contributed by atoms with Crippen molar-refractivity contribution in [3.05, 3.63) is 64.3 Å². The number of aliphatic hydroxyl groups excluding tert-OH is 1. The molecule has 7 heteroatoms. The SMILES string of the molecule is CCC(=O)N1CC2(C1)CN(Cc1cccc(Cl)c1)[C@@H](CO)c1[nH]c3cc(OC)ccc3c12. The van der Waals surface area contributed by atoms with E-state index in [0.29, 0.717) is 31.1 Å². The average molecular weight is 454 g/mol. The first-order chi connectivity index (χ1) is 15.5. The van der Waals surface area contributed by atoms with E-state index in [-0.39, 0.29) is 24.0 Å². The number of fused-ring (bicyclic) bond motifs is 4. The van der Waals surface area contributed by atoms with Crippen LogP contribution in [-0.2, 0) is 16.8 Å². The molecular weight excluding hydrogens is 426 g/mol. The Kier molecular flexibility index (Phi) is 5.40. The van der Waals surface area contributed by atoms with Crippen molar-refractivity contribution in [2.45, 2.75) is 31.3 Å². The molecule has 0 saturated carbocycles. The van der Waals surface area contributed by atoms with Gasteiger partial charge in [0.25, 0.3) is 0 Å². The standard InChI is InChI=1S/C25H28ClN3O3/c1-3-22(31)29-14-25(15-29)13-28(11-16-5-4-6-17(26)9-16)21(12-30)24-23(25)19-8-7-18(32-2)10-20(19)27-24/h4-10,21,27,30H,3,11-15H2,1-2H3/t21-/m0/s1. The maximum Gasteiger partial charge on any atom is 0.222 e. The van der Waals surface area contributed by atoms with E-state index in [2.05, 4.69) is 22.0 Å². The number of hydrogen-bond acceptors (Lipinski definition) is 4. The minimum atomic E-state index is -0.169. The number of benzene rings is 2. The number of nitrogens with one attached hydrogen (secondary N) is 1. The molecular formula is C25H28ClN3O3. The summed E-state index contributed by atoms with van der Waals surface area (Å²) in [5.41, 5.74) is 4.20. The van der Waals surface area contributed by atoms with E-state index in [0.717, 1.165) is 34.5 Å². The summed E-state index contributed by atoms with van der Waals surface area (Å²) in [6.45, 7) is 4.74. The smallest absolute Gasteiger partial charge is 0.222 e. The van der Waals surface area contributed by atoms with Gasteiger partial charge in [0, 0.05) is 65.7 Å². The van der Waals surface area contributed by atoms with Crippen molar-refractivity contribution in [1.29, 1.82) is 0 Å². The van der Waals surface area contributed by atoms with Crippen LogP contribution in [0.4, 0.5) is 0 Å². The second-order valence-electron chi connectivity index (χ2n) is 8.94. The summed E-state index contributed by atoms with van der Waals surface area (Å²) in [6.07, 6.45) is 0.513. The minimum absolute atomic E-state index is 0.00517. The Hall–Kier alpha value is -2.54. The van der Waals surface area contributed by atoms with Gasteiger partial charge < -0.3 is 19.7 Å². The zero-order valence-corrected chi connectivity index (χ0v) is 19.2. The van der Waals surface area contributed by atoms with Gasteiger partial charge in [0.15, 0.2) is 0 Å². The van der Waals surface area contributed by atoms with Gasteiger partial charge in [-0.1, -0.05) is 30.7 Å². The van der Waals surface area contributed by atoms with Crippen LogP contribution in [0.25, 0.3) is 10.9 Å². The molecule has 2 aromatic carbocycles. The van der Waals surface area contributed by atoms with Crippen LogP contribution in [0, 0.1) is 0 Å². The van der Waals surface area contributed by atoms with Crippen LogP contribution in [0.2, 0.25) is 5.02 Å². The summed E-state index contributed by atoms with van der Waals surface area (Å²) in [5.74, 6) is 0.974. The highest BCUT2D eigenvalue weighted by Gasteiger charge is 2.53. The lowest BCUT2D eigenvalue weighted by molar-refractivity contribution is -0.140. The highest BCUT2D eigenvalue weighted by molar-refractivity contribution is 6.30. The van der Waals surface area contributed by atoms with Crippen LogP contribution in [0.3, 0.4) is 0 Å². The molecule has 0 aliphatic carbocycles. The molecule has 2 aliphatic rings. The molecule has 5 rings (SSSR count). The maximum absolute atomic E-state index is 12.4. The van der Waals surface area contributed by atoms with Crippen LogP contribution in [0.1, 0.15) is 36.2 Å². The van der Waals surface area contributed by atoms with Crippen molar-refractivity contribution >= 4 is 28.4 Å². The monoisotopic (exact) mass is 453 g/mol. The van der Waals surface area contributed by atoms with Gasteiger partial charge in [-0.3, -0.25) is 9.69 Å². The van der Waals surface area contributed by atoms with Crippen LogP contribution in [0.15, 0.2) is 42.5 Å². The van der Waals surface area contributed by atoms with Crippen molar-refractivity contribution in [3.8, 4) is 5.75 Å². The zero-order chi connectivity index (χ0) is 22.5. The van der Waals surface area contributed by atoms with Crippen LogP contribution < -0.4 is 4.74 Å². The van der Waals surface area contributed by atoms with E-state index in [1.165, 1.54) is 5.56 Å². The minimum Gasteiger partial charge on any atom is -0.497 e. The second-order valence-corrected chi connectivity index (χ2v) is 9.38. The third-order valence-corrected chi connectivity index (χ3v) is 7.17. The van der Waals surface area contributed by atoms with Crippen LogP contribution >= 0.6 is 11.6 Å². The molecule has 1 saturated heterocycles. The summed E-state index contributed by atoms with van der Waals surface area (Å²) >= 11 is 6.23. The number of H-pyrrole nitrogens is 1. The first-order valence-corrected chi connectivity index (χ1v) is 11.4. The van der Waals surface area contributed by atoms with Crippen LogP contribution in [0.5, 0.6) is 5.75 Å². The third kappa shape index (κ3) is 3.38. The highest BCUT2D eigenvalue weighted by atomic mass is 35.5. The highest BCUT2D eigenvalue weighted by Crippen LogP contribution is 2.49. The fraction of sp³-hybridized carbons (Fsp3) is 0.400. The van der Waals surface area contributed by atoms with E-state index >= 15 is 0 Å². The van der Waals surface area contributed by atoms with Crippen molar-refractivity contribution < 1.29 is 14.6 Å². The maximum atomic E-state index is 12.4. The topological polar surface area (TPSA) is 68.8 Å². The first kappa shape index (κ1) is 21.3. The zero-order valence-electron chi connectivity index (χ0n) is 18.4. The van der Waals surface area contributed by atoms with E-state index in [4.69, 9.17) is 16.3 Å². The molecule has 0 bridgehead atoms. The van der Waals surface area contributed by atoms with Crippen molar-refractivity contribution in [3.63, 3.8) is 0 Å². The lowest BCUT2D eigenvalue weighted by Gasteiger charge is -2.56. The predicted molar refractivity (Wildman–Crippen MR) is 125 cm³/mol. The number of methoxy groups -OCH3 is 1. The molecule has 2 N–H and O–H groups in total. The van der Waals surface area contributed by atoms with E-state index in [1.807, 2.05) is 42.2 Å². The summed E-state index contributed by atoms with van der Waals surface area (Å²) in [4.78, 5) is 20.2. The van der Waals surface area contributed by atoms with Gasteiger partial charge in [0.2, 0.25) is 5.91 Å².